The minimum Gasteiger partial charge on any atom is -0.496 e. The highest BCUT2D eigenvalue weighted by molar-refractivity contribution is 5.41. The number of aliphatic hydroxyl groups is 1. The summed E-state index contributed by atoms with van der Waals surface area (Å²) in [4.78, 5) is 0. The highest BCUT2D eigenvalue weighted by atomic mass is 16.5. The molecule has 1 aromatic rings. The van der Waals surface area contributed by atoms with Crippen molar-refractivity contribution >= 4 is 0 Å². The summed E-state index contributed by atoms with van der Waals surface area (Å²) < 4.78 is 11.1. The second-order valence-corrected chi connectivity index (χ2v) is 5.40. The number of hydrogen-bond donors (Lipinski definition) is 1. The van der Waals surface area contributed by atoms with Crippen LogP contribution in [0.1, 0.15) is 37.8 Å². The van der Waals surface area contributed by atoms with Crippen LogP contribution in [0, 0.1) is 6.92 Å². The number of ether oxygens (including phenoxy) is 2. The lowest BCUT2D eigenvalue weighted by Gasteiger charge is -2.40. The van der Waals surface area contributed by atoms with Crippen molar-refractivity contribution in [2.75, 3.05) is 7.11 Å². The maximum Gasteiger partial charge on any atom is 0.124 e. The van der Waals surface area contributed by atoms with E-state index >= 15 is 0 Å². The molecule has 1 N–H and O–H groups in total. The molecule has 2 rings (SSSR count). The molecule has 2 unspecified atom stereocenters. The molecule has 0 amide bonds. The van der Waals surface area contributed by atoms with Crippen LogP contribution in [0.5, 0.6) is 5.75 Å². The summed E-state index contributed by atoms with van der Waals surface area (Å²) in [6.07, 6.45) is 1.34. The smallest absolute Gasteiger partial charge is 0.124 e. The van der Waals surface area contributed by atoms with Crippen molar-refractivity contribution in [3.8, 4) is 5.75 Å². The van der Waals surface area contributed by atoms with Gasteiger partial charge in [-0.15, -0.1) is 0 Å². The van der Waals surface area contributed by atoms with Gasteiger partial charge < -0.3 is 14.6 Å². The highest BCUT2D eigenvalue weighted by Crippen LogP contribution is 2.41. The van der Waals surface area contributed by atoms with E-state index < -0.39 is 5.60 Å². The van der Waals surface area contributed by atoms with Gasteiger partial charge in [0, 0.05) is 18.4 Å². The van der Waals surface area contributed by atoms with Gasteiger partial charge in [-0.25, -0.2) is 0 Å². The molecule has 0 bridgehead atoms. The van der Waals surface area contributed by atoms with Gasteiger partial charge >= 0.3 is 0 Å². The molecule has 0 radical (unpaired) electrons. The predicted molar refractivity (Wildman–Crippen MR) is 70.9 cm³/mol. The maximum atomic E-state index is 11.0. The third kappa shape index (κ3) is 2.52. The Bertz CT molecular complexity index is 418. The molecule has 1 aliphatic heterocycles. The lowest BCUT2D eigenvalue weighted by atomic mass is 9.80. The Morgan fingerprint density at radius 2 is 1.89 bits per heavy atom. The first-order valence-corrected chi connectivity index (χ1v) is 6.47. The van der Waals surface area contributed by atoms with Gasteiger partial charge in [-0.1, -0.05) is 11.6 Å². The predicted octanol–water partition coefficient (Wildman–Crippen LogP) is 2.78. The second-order valence-electron chi connectivity index (χ2n) is 5.40. The number of methoxy groups -OCH3 is 1. The van der Waals surface area contributed by atoms with Crippen molar-refractivity contribution in [2.24, 2.45) is 0 Å². The van der Waals surface area contributed by atoms with Crippen LogP contribution in [0.3, 0.4) is 0 Å². The molecule has 3 heteroatoms. The number of rotatable bonds is 2. The third-order valence-electron chi connectivity index (χ3n) is 3.57. The number of benzene rings is 1. The van der Waals surface area contributed by atoms with Gasteiger partial charge in [-0.05, 0) is 32.9 Å². The SMILES string of the molecule is COc1ccc(C)cc1C1(O)CC(C)OC(C)C1. The Hall–Kier alpha value is -1.06. The van der Waals surface area contributed by atoms with E-state index in [-0.39, 0.29) is 12.2 Å². The van der Waals surface area contributed by atoms with E-state index in [1.807, 2.05) is 39.0 Å². The molecular weight excluding hydrogens is 228 g/mol. The van der Waals surface area contributed by atoms with Crippen LogP contribution in [-0.4, -0.2) is 24.4 Å². The Labute approximate surface area is 109 Å². The largest absolute Gasteiger partial charge is 0.496 e. The van der Waals surface area contributed by atoms with Crippen LogP contribution in [0.15, 0.2) is 18.2 Å². The quantitative estimate of drug-likeness (QED) is 0.877. The number of hydrogen-bond acceptors (Lipinski definition) is 3. The molecule has 100 valence electrons. The van der Waals surface area contributed by atoms with Crippen molar-refractivity contribution in [1.82, 2.24) is 0 Å². The number of aryl methyl sites for hydroxylation is 1. The molecule has 18 heavy (non-hydrogen) atoms. The highest BCUT2D eigenvalue weighted by Gasteiger charge is 2.40. The molecule has 1 aromatic carbocycles. The second kappa shape index (κ2) is 4.90. The van der Waals surface area contributed by atoms with Gasteiger partial charge in [-0.3, -0.25) is 0 Å². The van der Waals surface area contributed by atoms with E-state index in [0.29, 0.717) is 12.8 Å². The van der Waals surface area contributed by atoms with Gasteiger partial charge in [-0.2, -0.15) is 0 Å². The molecule has 0 spiro atoms. The molecule has 0 aliphatic carbocycles. The fourth-order valence-corrected chi connectivity index (χ4v) is 2.93. The van der Waals surface area contributed by atoms with E-state index in [9.17, 15) is 5.11 Å². The zero-order chi connectivity index (χ0) is 13.3. The van der Waals surface area contributed by atoms with Crippen LogP contribution >= 0.6 is 0 Å². The van der Waals surface area contributed by atoms with Crippen molar-refractivity contribution < 1.29 is 14.6 Å². The van der Waals surface area contributed by atoms with Crippen LogP contribution in [0.4, 0.5) is 0 Å². The van der Waals surface area contributed by atoms with Gasteiger partial charge in [0.1, 0.15) is 5.75 Å². The average Bonchev–Trinajstić information content (AvgIpc) is 2.27. The molecule has 3 nitrogen and oxygen atoms in total. The van der Waals surface area contributed by atoms with Crippen LogP contribution in [0.25, 0.3) is 0 Å². The van der Waals surface area contributed by atoms with Gasteiger partial charge in [0.05, 0.1) is 24.9 Å². The van der Waals surface area contributed by atoms with E-state index in [2.05, 4.69) is 0 Å². The molecule has 1 aliphatic rings. The summed E-state index contributed by atoms with van der Waals surface area (Å²) >= 11 is 0. The lowest BCUT2D eigenvalue weighted by Crippen LogP contribution is -2.41. The van der Waals surface area contributed by atoms with E-state index in [0.717, 1.165) is 16.9 Å². The average molecular weight is 250 g/mol. The minimum atomic E-state index is -0.853. The molecule has 0 saturated carbocycles. The standard InChI is InChI=1S/C15H22O3/c1-10-5-6-14(17-4)13(7-10)15(16)8-11(2)18-12(3)9-15/h5-7,11-12,16H,8-9H2,1-4H3. The zero-order valence-corrected chi connectivity index (χ0v) is 11.6. The lowest BCUT2D eigenvalue weighted by molar-refractivity contribution is -0.136. The van der Waals surface area contributed by atoms with Crippen LogP contribution in [-0.2, 0) is 10.3 Å². The van der Waals surface area contributed by atoms with Crippen LogP contribution in [0.2, 0.25) is 0 Å². The zero-order valence-electron chi connectivity index (χ0n) is 11.6. The summed E-state index contributed by atoms with van der Waals surface area (Å²) in [5.74, 6) is 0.754. The minimum absolute atomic E-state index is 0.0592. The Balaban J connectivity index is 2.42. The summed E-state index contributed by atoms with van der Waals surface area (Å²) in [5, 5.41) is 11.0. The van der Waals surface area contributed by atoms with Gasteiger partial charge in [0.2, 0.25) is 0 Å². The van der Waals surface area contributed by atoms with Crippen molar-refractivity contribution in [2.45, 2.75) is 51.4 Å². The summed E-state index contributed by atoms with van der Waals surface area (Å²) in [6, 6.07) is 5.94. The Morgan fingerprint density at radius 1 is 1.28 bits per heavy atom. The van der Waals surface area contributed by atoms with Gasteiger partial charge in [0.25, 0.3) is 0 Å². The van der Waals surface area contributed by atoms with Crippen molar-refractivity contribution in [3.05, 3.63) is 29.3 Å². The van der Waals surface area contributed by atoms with Crippen molar-refractivity contribution in [3.63, 3.8) is 0 Å². The monoisotopic (exact) mass is 250 g/mol. The summed E-state index contributed by atoms with van der Waals surface area (Å²) in [7, 11) is 1.64. The summed E-state index contributed by atoms with van der Waals surface area (Å²) in [6.45, 7) is 6.03. The fraction of sp³-hybridized carbons (Fsp3) is 0.600. The first-order valence-electron chi connectivity index (χ1n) is 6.47. The molecule has 2 atom stereocenters. The first kappa shape index (κ1) is 13.4. The normalized spacial score (nSPS) is 32.3. The van der Waals surface area contributed by atoms with E-state index in [1.165, 1.54) is 0 Å². The Kier molecular flexibility index (Phi) is 3.64. The molecular formula is C15H22O3. The maximum absolute atomic E-state index is 11.0. The van der Waals surface area contributed by atoms with Crippen molar-refractivity contribution in [1.29, 1.82) is 0 Å². The third-order valence-corrected chi connectivity index (χ3v) is 3.57. The fourth-order valence-electron chi connectivity index (χ4n) is 2.93. The van der Waals surface area contributed by atoms with E-state index in [1.54, 1.807) is 7.11 Å². The first-order chi connectivity index (χ1) is 8.44. The van der Waals surface area contributed by atoms with Crippen LogP contribution < -0.4 is 4.74 Å². The molecule has 1 fully saturated rings. The summed E-state index contributed by atoms with van der Waals surface area (Å²) in [5.41, 5.74) is 1.16. The topological polar surface area (TPSA) is 38.7 Å². The molecule has 0 aromatic heterocycles. The Morgan fingerprint density at radius 3 is 2.44 bits per heavy atom. The van der Waals surface area contributed by atoms with E-state index in [4.69, 9.17) is 9.47 Å². The molecule has 1 saturated heterocycles. The van der Waals surface area contributed by atoms with Gasteiger partial charge in [0.15, 0.2) is 0 Å². The molecule has 1 heterocycles.